The van der Waals surface area contributed by atoms with Gasteiger partial charge in [0, 0.05) is 11.3 Å². The molecule has 0 saturated heterocycles. The first kappa shape index (κ1) is 17.2. The van der Waals surface area contributed by atoms with Crippen molar-refractivity contribution < 1.29 is 22.7 Å². The quantitative estimate of drug-likeness (QED) is 0.816. The number of rotatable bonds is 2. The standard InChI is InChI=1S/C13H15F3N2O2S/c1-12(2,3)20-11(19)18-7-4-5-8(10(17)21)9(6-7)13(14,15)16/h4-6H,1-3H3,(H2,17,21)(H,18,19). The van der Waals surface area contributed by atoms with E-state index in [9.17, 15) is 18.0 Å². The second-order valence-electron chi connectivity index (χ2n) is 5.25. The number of ether oxygens (including phenoxy) is 1. The van der Waals surface area contributed by atoms with Gasteiger partial charge < -0.3 is 10.5 Å². The number of anilines is 1. The van der Waals surface area contributed by atoms with Gasteiger partial charge in [-0.3, -0.25) is 5.32 Å². The molecule has 1 aromatic carbocycles. The third-order valence-corrected chi connectivity index (χ3v) is 2.46. The van der Waals surface area contributed by atoms with Crippen molar-refractivity contribution >= 4 is 29.0 Å². The molecule has 0 saturated carbocycles. The molecule has 0 radical (unpaired) electrons. The van der Waals surface area contributed by atoms with Crippen molar-refractivity contribution in [3.8, 4) is 0 Å². The monoisotopic (exact) mass is 320 g/mol. The molecule has 1 rings (SSSR count). The van der Waals surface area contributed by atoms with E-state index in [1.165, 1.54) is 6.07 Å². The van der Waals surface area contributed by atoms with Crippen LogP contribution in [0.3, 0.4) is 0 Å². The van der Waals surface area contributed by atoms with E-state index in [0.717, 1.165) is 12.1 Å². The first-order chi connectivity index (χ1) is 9.40. The number of halogens is 3. The fraction of sp³-hybridized carbons (Fsp3) is 0.385. The van der Waals surface area contributed by atoms with E-state index < -0.39 is 23.4 Å². The molecule has 21 heavy (non-hydrogen) atoms. The van der Waals surface area contributed by atoms with Crippen LogP contribution in [0.4, 0.5) is 23.7 Å². The van der Waals surface area contributed by atoms with Crippen molar-refractivity contribution in [2.45, 2.75) is 32.5 Å². The Morgan fingerprint density at radius 1 is 1.29 bits per heavy atom. The first-order valence-electron chi connectivity index (χ1n) is 5.91. The van der Waals surface area contributed by atoms with E-state index in [1.807, 2.05) is 0 Å². The van der Waals surface area contributed by atoms with Crippen LogP contribution >= 0.6 is 12.2 Å². The summed E-state index contributed by atoms with van der Waals surface area (Å²) in [7, 11) is 0. The van der Waals surface area contributed by atoms with Crippen molar-refractivity contribution in [1.82, 2.24) is 0 Å². The van der Waals surface area contributed by atoms with Gasteiger partial charge in [0.15, 0.2) is 0 Å². The number of carbonyl (C=O) groups is 1. The lowest BCUT2D eigenvalue weighted by atomic mass is 10.1. The zero-order valence-corrected chi connectivity index (χ0v) is 12.5. The lowest BCUT2D eigenvalue weighted by molar-refractivity contribution is -0.137. The second-order valence-corrected chi connectivity index (χ2v) is 5.69. The molecule has 0 fully saturated rings. The summed E-state index contributed by atoms with van der Waals surface area (Å²) in [5.74, 6) is 0. The van der Waals surface area contributed by atoms with Crippen LogP contribution in [-0.2, 0) is 10.9 Å². The topological polar surface area (TPSA) is 64.3 Å². The molecule has 0 aliphatic rings. The lowest BCUT2D eigenvalue weighted by Crippen LogP contribution is -2.27. The molecular formula is C13H15F3N2O2S. The smallest absolute Gasteiger partial charge is 0.417 e. The minimum atomic E-state index is -4.63. The Labute approximate surface area is 125 Å². The third-order valence-electron chi connectivity index (χ3n) is 2.24. The largest absolute Gasteiger partial charge is 0.444 e. The summed E-state index contributed by atoms with van der Waals surface area (Å²) >= 11 is 4.59. The van der Waals surface area contributed by atoms with E-state index >= 15 is 0 Å². The van der Waals surface area contributed by atoms with E-state index in [1.54, 1.807) is 20.8 Å². The average molecular weight is 320 g/mol. The molecule has 0 aliphatic heterocycles. The molecule has 0 heterocycles. The molecule has 0 unspecified atom stereocenters. The van der Waals surface area contributed by atoms with Crippen LogP contribution < -0.4 is 11.1 Å². The number of carbonyl (C=O) groups excluding carboxylic acids is 1. The van der Waals surface area contributed by atoms with Gasteiger partial charge in [-0.25, -0.2) is 4.79 Å². The van der Waals surface area contributed by atoms with Crippen molar-refractivity contribution in [3.63, 3.8) is 0 Å². The first-order valence-corrected chi connectivity index (χ1v) is 6.32. The van der Waals surface area contributed by atoms with Crippen LogP contribution in [0.5, 0.6) is 0 Å². The predicted octanol–water partition coefficient (Wildman–Crippen LogP) is 3.69. The van der Waals surface area contributed by atoms with Crippen molar-refractivity contribution in [1.29, 1.82) is 0 Å². The Morgan fingerprint density at radius 2 is 1.86 bits per heavy atom. The summed E-state index contributed by atoms with van der Waals surface area (Å²) < 4.78 is 43.8. The summed E-state index contributed by atoms with van der Waals surface area (Å²) in [6.45, 7) is 4.93. The van der Waals surface area contributed by atoms with Gasteiger partial charge >= 0.3 is 12.3 Å². The van der Waals surface area contributed by atoms with Gasteiger partial charge in [-0.1, -0.05) is 12.2 Å². The molecule has 4 nitrogen and oxygen atoms in total. The molecule has 0 atom stereocenters. The van der Waals surface area contributed by atoms with Gasteiger partial charge in [-0.2, -0.15) is 13.2 Å². The predicted molar refractivity (Wildman–Crippen MR) is 77.2 cm³/mol. The molecule has 0 bridgehead atoms. The maximum atomic E-state index is 12.9. The minimum Gasteiger partial charge on any atom is -0.444 e. The summed E-state index contributed by atoms with van der Waals surface area (Å²) in [5.41, 5.74) is 3.14. The third kappa shape index (κ3) is 5.22. The van der Waals surface area contributed by atoms with Crippen LogP contribution in [0.1, 0.15) is 31.9 Å². The van der Waals surface area contributed by atoms with Crippen LogP contribution in [0.25, 0.3) is 0 Å². The Morgan fingerprint density at radius 3 is 2.29 bits per heavy atom. The van der Waals surface area contributed by atoms with Gasteiger partial charge in [-0.15, -0.1) is 0 Å². The SMILES string of the molecule is CC(C)(C)OC(=O)Nc1ccc(C(N)=S)c(C(F)(F)F)c1. The number of nitrogens with one attached hydrogen (secondary N) is 1. The highest BCUT2D eigenvalue weighted by atomic mass is 32.1. The molecule has 1 aromatic rings. The van der Waals surface area contributed by atoms with Gasteiger partial charge in [0.2, 0.25) is 0 Å². The number of hydrogen-bond acceptors (Lipinski definition) is 3. The van der Waals surface area contributed by atoms with Crippen molar-refractivity contribution in [2.75, 3.05) is 5.32 Å². The molecule has 8 heteroatoms. The van der Waals surface area contributed by atoms with E-state index in [2.05, 4.69) is 17.5 Å². The lowest BCUT2D eigenvalue weighted by Gasteiger charge is -2.20. The Bertz CT molecular complexity index is 566. The average Bonchev–Trinajstić information content (AvgIpc) is 2.24. The number of alkyl halides is 3. The number of amides is 1. The van der Waals surface area contributed by atoms with Crippen LogP contribution in [0.2, 0.25) is 0 Å². The fourth-order valence-electron chi connectivity index (χ4n) is 1.49. The van der Waals surface area contributed by atoms with Crippen LogP contribution in [0.15, 0.2) is 18.2 Å². The van der Waals surface area contributed by atoms with Crippen molar-refractivity contribution in [2.24, 2.45) is 5.73 Å². The van der Waals surface area contributed by atoms with Crippen molar-refractivity contribution in [3.05, 3.63) is 29.3 Å². The van der Waals surface area contributed by atoms with Crippen LogP contribution in [0, 0.1) is 0 Å². The van der Waals surface area contributed by atoms with E-state index in [4.69, 9.17) is 10.5 Å². The number of benzene rings is 1. The Balaban J connectivity index is 3.07. The molecule has 0 spiro atoms. The van der Waals surface area contributed by atoms with Gasteiger partial charge in [-0.05, 0) is 39.0 Å². The van der Waals surface area contributed by atoms with Gasteiger partial charge in [0.05, 0.1) is 5.56 Å². The van der Waals surface area contributed by atoms with Gasteiger partial charge in [0.1, 0.15) is 10.6 Å². The zero-order chi connectivity index (χ0) is 16.4. The summed E-state index contributed by atoms with van der Waals surface area (Å²) in [6, 6.07) is 3.14. The normalized spacial score (nSPS) is 11.9. The highest BCUT2D eigenvalue weighted by Gasteiger charge is 2.34. The summed E-state index contributed by atoms with van der Waals surface area (Å²) in [6.07, 6.45) is -5.48. The number of thiocarbonyl (C=S) groups is 1. The van der Waals surface area contributed by atoms with Crippen LogP contribution in [-0.4, -0.2) is 16.7 Å². The van der Waals surface area contributed by atoms with E-state index in [-0.39, 0.29) is 16.2 Å². The summed E-state index contributed by atoms with van der Waals surface area (Å²) in [5, 5.41) is 2.23. The minimum absolute atomic E-state index is 0.0587. The molecule has 0 aromatic heterocycles. The molecule has 116 valence electrons. The molecule has 3 N–H and O–H groups in total. The van der Waals surface area contributed by atoms with Gasteiger partial charge in [0.25, 0.3) is 0 Å². The summed E-state index contributed by atoms with van der Waals surface area (Å²) in [4.78, 5) is 11.2. The maximum Gasteiger partial charge on any atom is 0.417 e. The molecule has 0 aliphatic carbocycles. The Kier molecular flexibility index (Phi) is 4.83. The molecular weight excluding hydrogens is 305 g/mol. The highest BCUT2D eigenvalue weighted by molar-refractivity contribution is 7.80. The Hall–Kier alpha value is -1.83. The zero-order valence-electron chi connectivity index (χ0n) is 11.7. The second kappa shape index (κ2) is 5.88. The number of hydrogen-bond donors (Lipinski definition) is 2. The number of nitrogens with two attached hydrogens (primary N) is 1. The fourth-order valence-corrected chi connectivity index (χ4v) is 1.67. The van der Waals surface area contributed by atoms with E-state index in [0.29, 0.717) is 0 Å². The molecule has 1 amide bonds. The maximum absolute atomic E-state index is 12.9. The highest BCUT2D eigenvalue weighted by Crippen LogP contribution is 2.34.